The number of nitrogens with zero attached hydrogens (tertiary/aromatic N) is 6. The summed E-state index contributed by atoms with van der Waals surface area (Å²) in [5.74, 6) is -1.32. The molecule has 0 aliphatic carbocycles. The highest BCUT2D eigenvalue weighted by Gasteiger charge is 2.40. The highest BCUT2D eigenvalue weighted by molar-refractivity contribution is 7.44. The van der Waals surface area contributed by atoms with Crippen molar-refractivity contribution in [1.29, 1.82) is 0 Å². The van der Waals surface area contributed by atoms with Gasteiger partial charge in [-0.15, -0.1) is 5.10 Å². The van der Waals surface area contributed by atoms with E-state index in [9.17, 15) is 24.0 Å². The molecule has 0 saturated carbocycles. The molecule has 4 rings (SSSR count). The average Bonchev–Trinajstić information content (AvgIpc) is 3.90. The number of aromatic nitrogens is 3. The molecule has 1 heterocycles. The van der Waals surface area contributed by atoms with Gasteiger partial charge in [0.25, 0.3) is 8.53 Å². The van der Waals surface area contributed by atoms with Crippen LogP contribution >= 0.6 is 8.53 Å². The minimum absolute atomic E-state index is 0.0299. The Bertz CT molecular complexity index is 2420. The lowest BCUT2D eigenvalue weighted by Crippen LogP contribution is -2.49. The topological polar surface area (TPSA) is 234 Å². The van der Waals surface area contributed by atoms with Crippen molar-refractivity contribution in [3.8, 4) is 11.5 Å². The molecule has 426 valence electrons. The van der Waals surface area contributed by atoms with Crippen molar-refractivity contribution < 1.29 is 66.2 Å². The largest absolute Gasteiger partial charge is 0.497 e. The number of rotatable bonds is 36. The Morgan fingerprint density at radius 2 is 1.35 bits per heavy atom. The van der Waals surface area contributed by atoms with Crippen LogP contribution in [0.2, 0.25) is 0 Å². The van der Waals surface area contributed by atoms with E-state index in [0.717, 1.165) is 16.7 Å². The van der Waals surface area contributed by atoms with Gasteiger partial charge in [0.1, 0.15) is 42.9 Å². The van der Waals surface area contributed by atoms with Gasteiger partial charge in [0.05, 0.1) is 79.7 Å². The van der Waals surface area contributed by atoms with Crippen molar-refractivity contribution in [2.24, 2.45) is 0 Å². The third-order valence-electron chi connectivity index (χ3n) is 12.4. The number of hydrogen-bond donors (Lipinski definition) is 2. The predicted octanol–water partition coefficient (Wildman–Crippen LogP) is 5.51. The molecule has 0 aliphatic rings. The van der Waals surface area contributed by atoms with Gasteiger partial charge in [-0.3, -0.25) is 28.9 Å². The quantitative estimate of drug-likeness (QED) is 0.0143. The van der Waals surface area contributed by atoms with Crippen LogP contribution in [0.4, 0.5) is 0 Å². The number of benzene rings is 3. The highest BCUT2D eigenvalue weighted by atomic mass is 31.2. The van der Waals surface area contributed by atoms with Crippen LogP contribution in [-0.4, -0.2) is 173 Å². The SMILES string of the molecule is [C-]#[N+]CCOP(O[C@H](C)[C@@H](COC(c1ccccc1)(c1ccc(OC)cc1)c1ccc(OC)cc1)NC(=O)COCCc1cn(CC(=O)NCCCCC(C(=O)OC)N(CC(=O)OC)CC(=O)OC)nn1)N(C(C)C)C(C)C. The summed E-state index contributed by atoms with van der Waals surface area (Å²) in [5.41, 5.74) is 1.76. The van der Waals surface area contributed by atoms with Gasteiger partial charge in [0.15, 0.2) is 0 Å². The monoisotopic (exact) mass is 1100 g/mol. The van der Waals surface area contributed by atoms with E-state index in [4.69, 9.17) is 48.8 Å². The number of methoxy groups -OCH3 is 5. The van der Waals surface area contributed by atoms with Gasteiger partial charge >= 0.3 is 17.9 Å². The zero-order valence-corrected chi connectivity index (χ0v) is 47.4. The number of carbonyl (C=O) groups is 5. The fourth-order valence-corrected chi connectivity index (χ4v) is 10.2. The summed E-state index contributed by atoms with van der Waals surface area (Å²) >= 11 is 0. The van der Waals surface area contributed by atoms with Crippen LogP contribution in [0, 0.1) is 6.57 Å². The van der Waals surface area contributed by atoms with E-state index in [-0.39, 0.29) is 83.6 Å². The predicted molar refractivity (Wildman–Crippen MR) is 290 cm³/mol. The van der Waals surface area contributed by atoms with Crippen molar-refractivity contribution in [2.45, 2.75) is 103 Å². The molecule has 78 heavy (non-hydrogen) atoms. The van der Waals surface area contributed by atoms with E-state index in [1.807, 2.05) is 85.8 Å². The molecule has 4 aromatic rings. The normalized spacial score (nSPS) is 13.1. The minimum atomic E-state index is -1.71. The zero-order valence-electron chi connectivity index (χ0n) is 46.5. The molecule has 3 aromatic carbocycles. The molecule has 0 fully saturated rings. The van der Waals surface area contributed by atoms with Gasteiger partial charge in [0, 0.05) is 31.2 Å². The van der Waals surface area contributed by atoms with Crippen molar-refractivity contribution in [3.63, 3.8) is 0 Å². The maximum atomic E-state index is 14.0. The molecule has 0 bridgehead atoms. The zero-order chi connectivity index (χ0) is 57.0. The van der Waals surface area contributed by atoms with Crippen molar-refractivity contribution in [3.05, 3.63) is 119 Å². The fourth-order valence-electron chi connectivity index (χ4n) is 8.43. The third-order valence-corrected chi connectivity index (χ3v) is 14.6. The van der Waals surface area contributed by atoms with Crippen LogP contribution in [0.5, 0.6) is 11.5 Å². The van der Waals surface area contributed by atoms with E-state index < -0.39 is 56.1 Å². The van der Waals surface area contributed by atoms with Crippen LogP contribution in [0.15, 0.2) is 85.1 Å². The third kappa shape index (κ3) is 19.7. The summed E-state index contributed by atoms with van der Waals surface area (Å²) in [5, 5.41) is 14.2. The molecular formula is C55H77N8O14P. The first-order valence-corrected chi connectivity index (χ1v) is 26.8. The fraction of sp³-hybridized carbons (Fsp3) is 0.527. The first kappa shape index (κ1) is 64.0. The molecule has 0 aliphatic heterocycles. The Balaban J connectivity index is 1.45. The van der Waals surface area contributed by atoms with Crippen LogP contribution in [0.1, 0.15) is 76.3 Å². The Labute approximate surface area is 459 Å². The van der Waals surface area contributed by atoms with Crippen molar-refractivity contribution in [1.82, 2.24) is 35.2 Å². The first-order chi connectivity index (χ1) is 37.5. The van der Waals surface area contributed by atoms with Gasteiger partial charge in [0.2, 0.25) is 18.4 Å². The van der Waals surface area contributed by atoms with Crippen LogP contribution in [0.25, 0.3) is 4.85 Å². The number of carbonyl (C=O) groups excluding carboxylic acids is 5. The van der Waals surface area contributed by atoms with Gasteiger partial charge < -0.3 is 57.7 Å². The van der Waals surface area contributed by atoms with Crippen LogP contribution in [0.3, 0.4) is 0 Å². The van der Waals surface area contributed by atoms with Gasteiger partial charge in [-0.2, -0.15) is 0 Å². The van der Waals surface area contributed by atoms with Gasteiger partial charge in [-0.25, -0.2) is 15.9 Å². The molecule has 0 radical (unpaired) electrons. The highest BCUT2D eigenvalue weighted by Crippen LogP contribution is 2.48. The van der Waals surface area contributed by atoms with Crippen molar-refractivity contribution in [2.75, 3.05) is 88.2 Å². The van der Waals surface area contributed by atoms with Crippen LogP contribution in [-0.2, 0) is 75.3 Å². The van der Waals surface area contributed by atoms with E-state index >= 15 is 0 Å². The van der Waals surface area contributed by atoms with Crippen molar-refractivity contribution >= 4 is 38.2 Å². The van der Waals surface area contributed by atoms with E-state index in [0.29, 0.717) is 36.5 Å². The molecule has 22 nitrogen and oxygen atoms in total. The lowest BCUT2D eigenvalue weighted by molar-refractivity contribution is -0.153. The smallest absolute Gasteiger partial charge is 0.323 e. The molecule has 4 atom stereocenters. The van der Waals surface area contributed by atoms with Crippen LogP contribution < -0.4 is 20.1 Å². The maximum absolute atomic E-state index is 14.0. The van der Waals surface area contributed by atoms with E-state index in [1.165, 1.54) is 30.9 Å². The maximum Gasteiger partial charge on any atom is 0.323 e. The molecule has 1 aromatic heterocycles. The lowest BCUT2D eigenvalue weighted by Gasteiger charge is -2.40. The second-order valence-electron chi connectivity index (χ2n) is 18.5. The molecular weight excluding hydrogens is 1030 g/mol. The number of unbranched alkanes of at least 4 members (excludes halogenated alkanes) is 1. The summed E-state index contributed by atoms with van der Waals surface area (Å²) in [4.78, 5) is 68.4. The first-order valence-electron chi connectivity index (χ1n) is 25.7. The molecule has 2 amide bonds. The molecule has 23 heteroatoms. The van der Waals surface area contributed by atoms with Gasteiger partial charge in [-0.05, 0) is 94.8 Å². The van der Waals surface area contributed by atoms with Gasteiger partial charge in [-0.1, -0.05) is 59.8 Å². The Morgan fingerprint density at radius 3 is 1.88 bits per heavy atom. The summed E-state index contributed by atoms with van der Waals surface area (Å²) in [6.07, 6.45) is 2.39. The number of nitrogens with one attached hydrogen (secondary N) is 2. The average molecular weight is 1110 g/mol. The summed E-state index contributed by atoms with van der Waals surface area (Å²) in [6, 6.07) is 23.5. The van der Waals surface area contributed by atoms with E-state index in [1.54, 1.807) is 20.4 Å². The molecule has 2 unspecified atom stereocenters. The summed E-state index contributed by atoms with van der Waals surface area (Å²) < 4.78 is 55.2. The summed E-state index contributed by atoms with van der Waals surface area (Å²) in [7, 11) is 5.13. The summed E-state index contributed by atoms with van der Waals surface area (Å²) in [6.45, 7) is 17.0. The Morgan fingerprint density at radius 1 is 0.756 bits per heavy atom. The number of amides is 2. The lowest BCUT2D eigenvalue weighted by atomic mass is 9.80. The number of esters is 3. The Hall–Kier alpha value is -6.57. The molecule has 0 saturated heterocycles. The molecule has 2 N–H and O–H groups in total. The molecule has 0 spiro atoms. The minimum Gasteiger partial charge on any atom is -0.497 e. The second-order valence-corrected chi connectivity index (χ2v) is 19.9. The van der Waals surface area contributed by atoms with E-state index in [2.05, 4.69) is 58.2 Å². The second kappa shape index (κ2) is 33.7. The number of ether oxygens (including phenoxy) is 7. The number of hydrogen-bond acceptors (Lipinski definition) is 18. The standard InChI is InChI=1S/C55H77N8O14P/c1-39(2)63(40(3)4)78(76-32-30-56-6)77-41(5)48(37-75-55(42-17-13-12-14-18-42,43-20-24-46(69-7)25-21-43)44-22-26-47(70-8)27-23-44)58-51(65)38-74-31-28-45-33-62(60-59-45)34-50(64)57-29-16-15-19-49(54(68)73-11)61(35-52(66)71-9)36-53(67)72-10/h12-14,17-18,20-27,33,39-41,48-49H,15-16,19,28-32,34-38H2,1-5,7-11H3,(H,57,64)(H,58,65)/t41-,48-,49?,78?/m1/s1. The Kier molecular flexibility index (Phi) is 27.6.